The van der Waals surface area contributed by atoms with Gasteiger partial charge in [-0.2, -0.15) is 0 Å². The van der Waals surface area contributed by atoms with Crippen LogP contribution in [0.4, 0.5) is 0 Å². The van der Waals surface area contributed by atoms with E-state index >= 15 is 0 Å². The fraction of sp³-hybridized carbons (Fsp3) is 0.333. The molecule has 0 radical (unpaired) electrons. The van der Waals surface area contributed by atoms with Crippen molar-refractivity contribution in [3.8, 4) is 5.75 Å². The molecule has 5 heteroatoms. The third-order valence-electron chi connectivity index (χ3n) is 4.11. The normalized spacial score (nSPS) is 18.0. The highest BCUT2D eigenvalue weighted by atomic mass is 16.5. The zero-order chi connectivity index (χ0) is 16.1. The van der Waals surface area contributed by atoms with Crippen molar-refractivity contribution in [3.63, 3.8) is 0 Å². The highest BCUT2D eigenvalue weighted by Gasteiger charge is 2.28. The molecule has 2 N–H and O–H groups in total. The Morgan fingerprint density at radius 3 is 2.78 bits per heavy atom. The first-order chi connectivity index (χ1) is 11.2. The molecule has 0 saturated carbocycles. The number of likely N-dealkylation sites (tertiary alicyclic amines) is 1. The summed E-state index contributed by atoms with van der Waals surface area (Å²) in [5.41, 5.74) is 7.51. The second-order valence-corrected chi connectivity index (χ2v) is 5.78. The highest BCUT2D eigenvalue weighted by molar-refractivity contribution is 5.80. The molecule has 1 aromatic heterocycles. The van der Waals surface area contributed by atoms with Gasteiger partial charge in [0.05, 0.1) is 11.7 Å². The lowest BCUT2D eigenvalue weighted by molar-refractivity contribution is -0.122. The van der Waals surface area contributed by atoms with E-state index in [-0.39, 0.29) is 11.9 Å². The van der Waals surface area contributed by atoms with E-state index in [0.717, 1.165) is 42.9 Å². The van der Waals surface area contributed by atoms with Gasteiger partial charge in [0, 0.05) is 12.7 Å². The average Bonchev–Trinajstić information content (AvgIpc) is 3.04. The smallest absolute Gasteiger partial charge is 0.234 e. The summed E-state index contributed by atoms with van der Waals surface area (Å²) >= 11 is 0. The molecule has 120 valence electrons. The van der Waals surface area contributed by atoms with Crippen molar-refractivity contribution in [1.29, 1.82) is 0 Å². The Kier molecular flexibility index (Phi) is 4.88. The molecule has 1 atom stereocenters. The van der Waals surface area contributed by atoms with Crippen LogP contribution in [-0.2, 0) is 17.9 Å². The van der Waals surface area contributed by atoms with Gasteiger partial charge >= 0.3 is 0 Å². The van der Waals surface area contributed by atoms with Crippen LogP contribution in [-0.4, -0.2) is 28.4 Å². The molecule has 1 aliphatic heterocycles. The van der Waals surface area contributed by atoms with Gasteiger partial charge in [-0.05, 0) is 49.2 Å². The average molecular weight is 311 g/mol. The second-order valence-electron chi connectivity index (χ2n) is 5.78. The van der Waals surface area contributed by atoms with Crippen molar-refractivity contribution in [2.75, 3.05) is 6.54 Å². The SMILES string of the molecule is NC(=O)[C@H]1CCCN1Cc1ccc(OCc2ccccn2)cc1. The van der Waals surface area contributed by atoms with Gasteiger partial charge in [0.2, 0.25) is 5.91 Å². The van der Waals surface area contributed by atoms with Gasteiger partial charge in [-0.1, -0.05) is 18.2 Å². The molecule has 23 heavy (non-hydrogen) atoms. The largest absolute Gasteiger partial charge is 0.487 e. The Balaban J connectivity index is 1.56. The summed E-state index contributed by atoms with van der Waals surface area (Å²) in [4.78, 5) is 17.8. The summed E-state index contributed by atoms with van der Waals surface area (Å²) in [6, 6.07) is 13.6. The zero-order valence-electron chi connectivity index (χ0n) is 13.0. The lowest BCUT2D eigenvalue weighted by Crippen LogP contribution is -2.39. The molecule has 1 saturated heterocycles. The van der Waals surface area contributed by atoms with Crippen LogP contribution in [0.25, 0.3) is 0 Å². The highest BCUT2D eigenvalue weighted by Crippen LogP contribution is 2.21. The van der Waals surface area contributed by atoms with Gasteiger partial charge < -0.3 is 10.5 Å². The number of pyridine rings is 1. The lowest BCUT2D eigenvalue weighted by Gasteiger charge is -2.21. The van der Waals surface area contributed by atoms with E-state index in [2.05, 4.69) is 9.88 Å². The Labute approximate surface area is 136 Å². The number of amides is 1. The zero-order valence-corrected chi connectivity index (χ0v) is 13.0. The predicted octanol–water partition coefficient (Wildman–Crippen LogP) is 2.11. The van der Waals surface area contributed by atoms with E-state index in [1.165, 1.54) is 0 Å². The number of carbonyl (C=O) groups excluding carboxylic acids is 1. The first kappa shape index (κ1) is 15.5. The van der Waals surface area contributed by atoms with E-state index in [1.54, 1.807) is 6.20 Å². The Morgan fingerprint density at radius 2 is 2.09 bits per heavy atom. The maximum absolute atomic E-state index is 11.4. The van der Waals surface area contributed by atoms with Crippen molar-refractivity contribution < 1.29 is 9.53 Å². The van der Waals surface area contributed by atoms with Crippen LogP contribution in [0.2, 0.25) is 0 Å². The van der Waals surface area contributed by atoms with E-state index in [4.69, 9.17) is 10.5 Å². The van der Waals surface area contributed by atoms with Crippen molar-refractivity contribution in [1.82, 2.24) is 9.88 Å². The number of rotatable bonds is 6. The molecule has 3 rings (SSSR count). The first-order valence-electron chi connectivity index (χ1n) is 7.87. The monoisotopic (exact) mass is 311 g/mol. The number of primary amides is 1. The number of carbonyl (C=O) groups is 1. The fourth-order valence-electron chi connectivity index (χ4n) is 2.90. The molecule has 5 nitrogen and oxygen atoms in total. The van der Waals surface area contributed by atoms with E-state index in [0.29, 0.717) is 6.61 Å². The molecule has 0 spiro atoms. The van der Waals surface area contributed by atoms with Crippen LogP contribution in [0.5, 0.6) is 5.75 Å². The number of hydrogen-bond donors (Lipinski definition) is 1. The molecule has 0 aliphatic carbocycles. The van der Waals surface area contributed by atoms with Crippen molar-refractivity contribution >= 4 is 5.91 Å². The van der Waals surface area contributed by atoms with E-state index in [1.807, 2.05) is 42.5 Å². The molecular formula is C18H21N3O2. The van der Waals surface area contributed by atoms with Crippen LogP contribution in [0, 0.1) is 0 Å². The topological polar surface area (TPSA) is 68.5 Å². The predicted molar refractivity (Wildman–Crippen MR) is 87.6 cm³/mol. The quantitative estimate of drug-likeness (QED) is 0.887. The summed E-state index contributed by atoms with van der Waals surface area (Å²) in [5.74, 6) is 0.588. The molecule has 2 heterocycles. The number of aromatic nitrogens is 1. The summed E-state index contributed by atoms with van der Waals surface area (Å²) in [6.07, 6.45) is 3.65. The summed E-state index contributed by atoms with van der Waals surface area (Å²) in [5, 5.41) is 0. The molecule has 1 amide bonds. The van der Waals surface area contributed by atoms with Crippen LogP contribution >= 0.6 is 0 Å². The maximum Gasteiger partial charge on any atom is 0.234 e. The summed E-state index contributed by atoms with van der Waals surface area (Å²) < 4.78 is 5.73. The standard InChI is InChI=1S/C18H21N3O2/c19-18(22)17-5-3-11-21(17)12-14-6-8-16(9-7-14)23-13-15-4-1-2-10-20-15/h1-2,4,6-10,17H,3,5,11-13H2,(H2,19,22)/t17-/m1/s1. The van der Waals surface area contributed by atoms with E-state index < -0.39 is 0 Å². The molecule has 1 aromatic carbocycles. The van der Waals surface area contributed by atoms with Crippen LogP contribution in [0.15, 0.2) is 48.7 Å². The maximum atomic E-state index is 11.4. The minimum absolute atomic E-state index is 0.130. The Morgan fingerprint density at radius 1 is 1.26 bits per heavy atom. The number of ether oxygens (including phenoxy) is 1. The molecule has 0 unspecified atom stereocenters. The molecule has 1 aliphatic rings. The number of hydrogen-bond acceptors (Lipinski definition) is 4. The summed E-state index contributed by atoms with van der Waals surface area (Å²) in [6.45, 7) is 2.12. The number of benzene rings is 1. The summed E-state index contributed by atoms with van der Waals surface area (Å²) in [7, 11) is 0. The third-order valence-corrected chi connectivity index (χ3v) is 4.11. The van der Waals surface area contributed by atoms with Crippen molar-refractivity contribution in [3.05, 3.63) is 59.9 Å². The van der Waals surface area contributed by atoms with Gasteiger partial charge in [-0.15, -0.1) is 0 Å². The fourth-order valence-corrected chi connectivity index (χ4v) is 2.90. The van der Waals surface area contributed by atoms with Crippen LogP contribution in [0.1, 0.15) is 24.1 Å². The first-order valence-corrected chi connectivity index (χ1v) is 7.87. The van der Waals surface area contributed by atoms with Gasteiger partial charge in [-0.25, -0.2) is 0 Å². The third kappa shape index (κ3) is 4.07. The minimum Gasteiger partial charge on any atom is -0.487 e. The Bertz CT molecular complexity index is 643. The second kappa shape index (κ2) is 7.24. The number of nitrogens with zero attached hydrogens (tertiary/aromatic N) is 2. The van der Waals surface area contributed by atoms with Crippen molar-refractivity contribution in [2.45, 2.75) is 32.0 Å². The molecule has 0 bridgehead atoms. The number of nitrogens with two attached hydrogens (primary N) is 1. The lowest BCUT2D eigenvalue weighted by atomic mass is 10.1. The van der Waals surface area contributed by atoms with Gasteiger partial charge in [0.25, 0.3) is 0 Å². The van der Waals surface area contributed by atoms with Gasteiger partial charge in [0.1, 0.15) is 12.4 Å². The van der Waals surface area contributed by atoms with Gasteiger partial charge in [0.15, 0.2) is 0 Å². The molecular weight excluding hydrogens is 290 g/mol. The molecule has 2 aromatic rings. The van der Waals surface area contributed by atoms with Crippen LogP contribution < -0.4 is 10.5 Å². The van der Waals surface area contributed by atoms with E-state index in [9.17, 15) is 4.79 Å². The van der Waals surface area contributed by atoms with Crippen molar-refractivity contribution in [2.24, 2.45) is 5.73 Å². The minimum atomic E-state index is -0.224. The Hall–Kier alpha value is -2.40. The van der Waals surface area contributed by atoms with Crippen LogP contribution in [0.3, 0.4) is 0 Å². The van der Waals surface area contributed by atoms with Gasteiger partial charge in [-0.3, -0.25) is 14.7 Å². The molecule has 1 fully saturated rings.